The van der Waals surface area contributed by atoms with Gasteiger partial charge < -0.3 is 14.6 Å². The molecular weight excluding hydrogens is 424 g/mol. The molecule has 0 saturated carbocycles. The van der Waals surface area contributed by atoms with Gasteiger partial charge >= 0.3 is 0 Å². The summed E-state index contributed by atoms with van der Waals surface area (Å²) in [6.07, 6.45) is 2.40. The van der Waals surface area contributed by atoms with Gasteiger partial charge in [0.05, 0.1) is 23.7 Å². The van der Waals surface area contributed by atoms with Gasteiger partial charge in [0.15, 0.2) is 0 Å². The normalized spacial score (nSPS) is 12.0. The predicted octanol–water partition coefficient (Wildman–Crippen LogP) is 5.35. The number of fused-ring (bicyclic) bond motifs is 1. The molecule has 1 N–H and O–H groups in total. The maximum atomic E-state index is 12.6. The number of para-hydroxylation sites is 2. The molecule has 7 heteroatoms. The minimum atomic E-state index is -0.281. The number of benzene rings is 2. The topological polar surface area (TPSA) is 69.0 Å². The van der Waals surface area contributed by atoms with E-state index in [0.717, 1.165) is 39.6 Å². The zero-order valence-electron chi connectivity index (χ0n) is 18.1. The highest BCUT2D eigenvalue weighted by atomic mass is 35.5. The van der Waals surface area contributed by atoms with Gasteiger partial charge in [-0.2, -0.15) is 0 Å². The zero-order chi connectivity index (χ0) is 22.5. The summed E-state index contributed by atoms with van der Waals surface area (Å²) in [4.78, 5) is 21.5. The van der Waals surface area contributed by atoms with E-state index in [9.17, 15) is 4.79 Å². The van der Waals surface area contributed by atoms with Crippen molar-refractivity contribution in [1.29, 1.82) is 0 Å². The first kappa shape index (κ1) is 21.8. The first-order valence-corrected chi connectivity index (χ1v) is 11.0. The molecule has 4 aromatic rings. The van der Waals surface area contributed by atoms with Gasteiger partial charge in [0.2, 0.25) is 0 Å². The molecule has 0 radical (unpaired) electrons. The van der Waals surface area contributed by atoms with Gasteiger partial charge in [0.1, 0.15) is 17.3 Å². The van der Waals surface area contributed by atoms with Crippen molar-refractivity contribution >= 4 is 28.5 Å². The van der Waals surface area contributed by atoms with Crippen LogP contribution in [0.1, 0.15) is 41.3 Å². The van der Waals surface area contributed by atoms with Crippen LogP contribution in [0.2, 0.25) is 5.02 Å². The summed E-state index contributed by atoms with van der Waals surface area (Å²) in [6, 6.07) is 18.6. The minimum absolute atomic E-state index is 0.224. The number of carbonyl (C=O) groups is 1. The maximum absolute atomic E-state index is 12.6. The first-order chi connectivity index (χ1) is 15.5. The van der Waals surface area contributed by atoms with E-state index in [1.807, 2.05) is 56.3 Å². The van der Waals surface area contributed by atoms with E-state index in [-0.39, 0.29) is 11.9 Å². The number of halogens is 1. The summed E-state index contributed by atoms with van der Waals surface area (Å²) >= 11 is 6.09. The van der Waals surface area contributed by atoms with Gasteiger partial charge in [-0.25, -0.2) is 4.98 Å². The van der Waals surface area contributed by atoms with E-state index < -0.39 is 0 Å². The summed E-state index contributed by atoms with van der Waals surface area (Å²) in [5.74, 6) is 1.38. The molecule has 0 aliphatic rings. The van der Waals surface area contributed by atoms with Crippen molar-refractivity contribution in [2.45, 2.75) is 32.9 Å². The second-order valence-corrected chi connectivity index (χ2v) is 8.04. The van der Waals surface area contributed by atoms with E-state index in [1.165, 1.54) is 0 Å². The fourth-order valence-electron chi connectivity index (χ4n) is 3.61. The number of hydrogen-bond donors (Lipinski definition) is 1. The van der Waals surface area contributed by atoms with Crippen LogP contribution in [0, 0.1) is 6.92 Å². The Labute approximate surface area is 192 Å². The number of pyridine rings is 1. The summed E-state index contributed by atoms with van der Waals surface area (Å²) < 4.78 is 8.05. The number of aromatic nitrogens is 3. The van der Waals surface area contributed by atoms with Crippen LogP contribution in [0.5, 0.6) is 5.75 Å². The van der Waals surface area contributed by atoms with Gasteiger partial charge in [-0.3, -0.25) is 9.78 Å². The smallest absolute Gasteiger partial charge is 0.270 e. The fraction of sp³-hybridized carbons (Fsp3) is 0.240. The van der Waals surface area contributed by atoms with Crippen LogP contribution in [0.15, 0.2) is 66.9 Å². The van der Waals surface area contributed by atoms with E-state index in [0.29, 0.717) is 18.8 Å². The van der Waals surface area contributed by atoms with Gasteiger partial charge in [-0.15, -0.1) is 0 Å². The van der Waals surface area contributed by atoms with Crippen LogP contribution < -0.4 is 10.1 Å². The monoisotopic (exact) mass is 448 g/mol. The lowest BCUT2D eigenvalue weighted by atomic mass is 10.2. The zero-order valence-corrected chi connectivity index (χ0v) is 18.8. The lowest BCUT2D eigenvalue weighted by Crippen LogP contribution is -2.29. The molecule has 0 fully saturated rings. The highest BCUT2D eigenvalue weighted by Gasteiger charge is 2.19. The van der Waals surface area contributed by atoms with E-state index in [4.69, 9.17) is 21.3 Å². The van der Waals surface area contributed by atoms with Crippen molar-refractivity contribution in [3.63, 3.8) is 0 Å². The second kappa shape index (κ2) is 9.83. The number of rotatable bonds is 8. The highest BCUT2D eigenvalue weighted by Crippen LogP contribution is 2.23. The molecule has 0 spiro atoms. The Kier molecular flexibility index (Phi) is 6.71. The molecule has 0 aliphatic carbocycles. The van der Waals surface area contributed by atoms with Crippen molar-refractivity contribution in [3.8, 4) is 5.75 Å². The van der Waals surface area contributed by atoms with Crippen LogP contribution in [-0.4, -0.2) is 27.0 Å². The largest absolute Gasteiger partial charge is 0.494 e. The molecule has 4 rings (SSSR count). The number of nitrogens with one attached hydrogen (secondary N) is 1. The lowest BCUT2D eigenvalue weighted by molar-refractivity contribution is 0.0932. The third-order valence-corrected chi connectivity index (χ3v) is 5.66. The molecule has 0 aliphatic heterocycles. The van der Waals surface area contributed by atoms with Gasteiger partial charge in [0, 0.05) is 17.8 Å². The molecule has 0 bridgehead atoms. The molecule has 2 aromatic heterocycles. The van der Waals surface area contributed by atoms with Crippen LogP contribution in [0.25, 0.3) is 11.0 Å². The van der Waals surface area contributed by atoms with Crippen molar-refractivity contribution in [2.75, 3.05) is 6.61 Å². The van der Waals surface area contributed by atoms with Crippen molar-refractivity contribution in [1.82, 2.24) is 19.9 Å². The second-order valence-electron chi connectivity index (χ2n) is 7.63. The molecular formula is C25H25ClN4O2. The number of hydrogen-bond acceptors (Lipinski definition) is 4. The van der Waals surface area contributed by atoms with E-state index in [1.54, 1.807) is 24.4 Å². The van der Waals surface area contributed by atoms with Gasteiger partial charge in [0.25, 0.3) is 5.91 Å². The molecule has 6 nitrogen and oxygen atoms in total. The van der Waals surface area contributed by atoms with Crippen molar-refractivity contribution < 1.29 is 9.53 Å². The van der Waals surface area contributed by atoms with E-state index >= 15 is 0 Å². The molecule has 0 saturated heterocycles. The maximum Gasteiger partial charge on any atom is 0.270 e. The molecule has 1 unspecified atom stereocenters. The molecule has 32 heavy (non-hydrogen) atoms. The van der Waals surface area contributed by atoms with E-state index in [2.05, 4.69) is 14.9 Å². The average molecular weight is 449 g/mol. The quantitative estimate of drug-likeness (QED) is 0.369. The number of imidazole rings is 1. The van der Waals surface area contributed by atoms with Crippen molar-refractivity contribution in [3.05, 3.63) is 89.0 Å². The molecule has 2 aromatic carbocycles. The first-order valence-electron chi connectivity index (χ1n) is 10.6. The summed E-state index contributed by atoms with van der Waals surface area (Å²) in [6.45, 7) is 5.17. The average Bonchev–Trinajstić information content (AvgIpc) is 3.18. The highest BCUT2D eigenvalue weighted by molar-refractivity contribution is 6.31. The van der Waals surface area contributed by atoms with Crippen molar-refractivity contribution in [2.24, 2.45) is 0 Å². The third-order valence-electron chi connectivity index (χ3n) is 5.24. The molecule has 2 heterocycles. The SMILES string of the molecule is Cc1cc(OCCCn2c(C(C)NC(=O)c3ccccn3)nc3ccccc32)ccc1Cl. The predicted molar refractivity (Wildman–Crippen MR) is 126 cm³/mol. The number of aryl methyl sites for hydroxylation is 2. The van der Waals surface area contributed by atoms with Gasteiger partial charge in [-0.05, 0) is 68.3 Å². The fourth-order valence-corrected chi connectivity index (χ4v) is 3.73. The standard InChI is InChI=1S/C25H25ClN4O2/c1-17-16-19(11-12-20(17)26)32-15-7-14-30-23-10-4-3-8-21(23)29-24(30)18(2)28-25(31)22-9-5-6-13-27-22/h3-6,8-13,16,18H,7,14-15H2,1-2H3,(H,28,31). The Morgan fingerprint density at radius 3 is 2.75 bits per heavy atom. The number of nitrogens with zero attached hydrogens (tertiary/aromatic N) is 3. The molecule has 164 valence electrons. The lowest BCUT2D eigenvalue weighted by Gasteiger charge is -2.16. The number of ether oxygens (including phenoxy) is 1. The molecule has 1 amide bonds. The molecule has 1 atom stereocenters. The number of carbonyl (C=O) groups excluding carboxylic acids is 1. The summed E-state index contributed by atoms with van der Waals surface area (Å²) in [5, 5.41) is 3.74. The minimum Gasteiger partial charge on any atom is -0.494 e. The Morgan fingerprint density at radius 2 is 1.97 bits per heavy atom. The summed E-state index contributed by atoms with van der Waals surface area (Å²) in [7, 11) is 0. The van der Waals surface area contributed by atoms with Crippen LogP contribution >= 0.6 is 11.6 Å². The Morgan fingerprint density at radius 1 is 1.16 bits per heavy atom. The Hall–Kier alpha value is -3.38. The summed E-state index contributed by atoms with van der Waals surface area (Å²) in [5.41, 5.74) is 3.30. The number of amides is 1. The Bertz CT molecular complexity index is 1220. The van der Waals surface area contributed by atoms with Crippen LogP contribution in [0.4, 0.5) is 0 Å². The van der Waals surface area contributed by atoms with Crippen LogP contribution in [0.3, 0.4) is 0 Å². The Balaban J connectivity index is 1.47. The van der Waals surface area contributed by atoms with Crippen LogP contribution in [-0.2, 0) is 6.54 Å². The third kappa shape index (κ3) is 4.92. The van der Waals surface area contributed by atoms with Gasteiger partial charge in [-0.1, -0.05) is 29.8 Å².